The summed E-state index contributed by atoms with van der Waals surface area (Å²) in [5.41, 5.74) is 2.58. The van der Waals surface area contributed by atoms with E-state index in [0.29, 0.717) is 28.0 Å². The van der Waals surface area contributed by atoms with Crippen molar-refractivity contribution in [2.75, 3.05) is 10.2 Å². The third-order valence-electron chi connectivity index (χ3n) is 5.54. The Balaban J connectivity index is 1.39. The quantitative estimate of drug-likeness (QED) is 0.508. The van der Waals surface area contributed by atoms with Crippen molar-refractivity contribution >= 4 is 40.1 Å². The molecule has 158 valence electrons. The van der Waals surface area contributed by atoms with E-state index in [0.717, 1.165) is 10.4 Å². The Morgan fingerprint density at radius 3 is 2.12 bits per heavy atom. The second-order valence-corrected chi connectivity index (χ2v) is 7.51. The van der Waals surface area contributed by atoms with E-state index in [4.69, 9.17) is 0 Å². The van der Waals surface area contributed by atoms with Crippen LogP contribution in [0.4, 0.5) is 11.4 Å². The summed E-state index contributed by atoms with van der Waals surface area (Å²) in [4.78, 5) is 51.8. The average molecular weight is 426 g/mol. The van der Waals surface area contributed by atoms with E-state index in [1.165, 1.54) is 9.13 Å². The number of aromatic nitrogens is 2. The summed E-state index contributed by atoms with van der Waals surface area (Å²) >= 11 is 0. The molecule has 8 nitrogen and oxygen atoms in total. The summed E-state index contributed by atoms with van der Waals surface area (Å²) in [5.74, 6) is -1.21. The van der Waals surface area contributed by atoms with Gasteiger partial charge in [-0.25, -0.2) is 9.69 Å². The van der Waals surface area contributed by atoms with Gasteiger partial charge in [0.1, 0.15) is 6.54 Å². The Kier molecular flexibility index (Phi) is 4.48. The predicted molar refractivity (Wildman–Crippen MR) is 120 cm³/mol. The highest BCUT2D eigenvalue weighted by Crippen LogP contribution is 2.29. The smallest absolute Gasteiger partial charge is 0.324 e. The SMILES string of the molecule is Cn1c(=O)n(CC(=O)Nc2cccc(N3C(=O)c4ccccc4C3=O)c2)c2ccccc21. The topological polar surface area (TPSA) is 93.4 Å². The first-order chi connectivity index (χ1) is 15.5. The van der Waals surface area contributed by atoms with Crippen molar-refractivity contribution in [3.63, 3.8) is 0 Å². The van der Waals surface area contributed by atoms with Crippen molar-refractivity contribution in [3.8, 4) is 0 Å². The van der Waals surface area contributed by atoms with Crippen LogP contribution in [-0.4, -0.2) is 26.9 Å². The van der Waals surface area contributed by atoms with E-state index in [1.54, 1.807) is 61.6 Å². The van der Waals surface area contributed by atoms with Gasteiger partial charge in [0, 0.05) is 12.7 Å². The van der Waals surface area contributed by atoms with E-state index in [-0.39, 0.29) is 12.2 Å². The minimum atomic E-state index is -0.406. The molecule has 4 aromatic rings. The molecule has 0 saturated carbocycles. The van der Waals surface area contributed by atoms with Crippen LogP contribution in [0.3, 0.4) is 0 Å². The van der Waals surface area contributed by atoms with Crippen molar-refractivity contribution in [2.45, 2.75) is 6.54 Å². The van der Waals surface area contributed by atoms with Crippen LogP contribution in [0.25, 0.3) is 11.0 Å². The minimum Gasteiger partial charge on any atom is -0.324 e. The number of benzene rings is 3. The van der Waals surface area contributed by atoms with Gasteiger partial charge in [0.2, 0.25) is 5.91 Å². The number of imidazole rings is 1. The Hall–Kier alpha value is -4.46. The molecule has 32 heavy (non-hydrogen) atoms. The van der Waals surface area contributed by atoms with Gasteiger partial charge in [-0.15, -0.1) is 0 Å². The van der Waals surface area contributed by atoms with Crippen molar-refractivity contribution in [2.24, 2.45) is 7.05 Å². The van der Waals surface area contributed by atoms with Crippen molar-refractivity contribution in [3.05, 3.63) is 94.4 Å². The largest absolute Gasteiger partial charge is 0.329 e. The summed E-state index contributed by atoms with van der Waals surface area (Å²) in [7, 11) is 1.66. The monoisotopic (exact) mass is 426 g/mol. The summed E-state index contributed by atoms with van der Waals surface area (Å²) < 4.78 is 2.89. The standard InChI is InChI=1S/C24H18N4O4/c1-26-19-11-4-5-12-20(19)27(24(26)32)14-21(29)25-15-7-6-8-16(13-15)28-22(30)17-9-2-3-10-18(17)23(28)31/h2-13H,14H2,1H3,(H,25,29). The molecule has 1 aromatic heterocycles. The molecule has 0 radical (unpaired) electrons. The summed E-state index contributed by atoms with van der Waals surface area (Å²) in [6.07, 6.45) is 0. The van der Waals surface area contributed by atoms with Crippen molar-refractivity contribution in [1.29, 1.82) is 0 Å². The van der Waals surface area contributed by atoms with Gasteiger partial charge < -0.3 is 5.32 Å². The first-order valence-electron chi connectivity index (χ1n) is 9.97. The highest BCUT2D eigenvalue weighted by Gasteiger charge is 2.36. The van der Waals surface area contributed by atoms with E-state index in [1.807, 2.05) is 18.2 Å². The number of nitrogens with one attached hydrogen (secondary N) is 1. The molecule has 3 amide bonds. The van der Waals surface area contributed by atoms with Crippen LogP contribution >= 0.6 is 0 Å². The zero-order chi connectivity index (χ0) is 22.4. The molecule has 1 N–H and O–H groups in total. The molecule has 0 unspecified atom stereocenters. The maximum atomic E-state index is 12.7. The molecule has 0 aliphatic carbocycles. The van der Waals surface area contributed by atoms with Gasteiger partial charge in [-0.2, -0.15) is 0 Å². The van der Waals surface area contributed by atoms with Gasteiger partial charge in [-0.3, -0.25) is 23.5 Å². The van der Waals surface area contributed by atoms with Crippen LogP contribution in [0.5, 0.6) is 0 Å². The number of para-hydroxylation sites is 2. The van der Waals surface area contributed by atoms with E-state index in [2.05, 4.69) is 5.32 Å². The maximum Gasteiger partial charge on any atom is 0.329 e. The third kappa shape index (κ3) is 3.01. The molecular weight excluding hydrogens is 408 g/mol. The van der Waals surface area contributed by atoms with Crippen LogP contribution < -0.4 is 15.9 Å². The lowest BCUT2D eigenvalue weighted by molar-refractivity contribution is -0.116. The number of hydrogen-bond acceptors (Lipinski definition) is 4. The fourth-order valence-electron chi connectivity index (χ4n) is 4.01. The second kappa shape index (κ2) is 7.35. The summed E-state index contributed by atoms with van der Waals surface area (Å²) in [6, 6.07) is 20.4. The van der Waals surface area contributed by atoms with Crippen molar-refractivity contribution < 1.29 is 14.4 Å². The normalized spacial score (nSPS) is 13.0. The number of anilines is 2. The lowest BCUT2D eigenvalue weighted by atomic mass is 10.1. The van der Waals surface area contributed by atoms with Gasteiger partial charge in [0.25, 0.3) is 11.8 Å². The van der Waals surface area contributed by atoms with E-state index in [9.17, 15) is 19.2 Å². The zero-order valence-corrected chi connectivity index (χ0v) is 17.1. The molecule has 1 aliphatic rings. The van der Waals surface area contributed by atoms with Gasteiger partial charge in [0.05, 0.1) is 27.8 Å². The van der Waals surface area contributed by atoms with E-state index < -0.39 is 17.7 Å². The number of rotatable bonds is 4. The second-order valence-electron chi connectivity index (χ2n) is 7.51. The molecule has 5 rings (SSSR count). The fourth-order valence-corrected chi connectivity index (χ4v) is 4.01. The van der Waals surface area contributed by atoms with Crippen molar-refractivity contribution in [1.82, 2.24) is 9.13 Å². The average Bonchev–Trinajstić information content (AvgIpc) is 3.20. The lowest BCUT2D eigenvalue weighted by Crippen LogP contribution is -2.30. The summed E-state index contributed by atoms with van der Waals surface area (Å²) in [5, 5.41) is 2.75. The van der Waals surface area contributed by atoms with Gasteiger partial charge in [0.15, 0.2) is 0 Å². The fraction of sp³-hybridized carbons (Fsp3) is 0.0833. The highest BCUT2D eigenvalue weighted by atomic mass is 16.2. The van der Waals surface area contributed by atoms with E-state index >= 15 is 0 Å². The van der Waals surface area contributed by atoms with Gasteiger partial charge >= 0.3 is 5.69 Å². The first-order valence-corrected chi connectivity index (χ1v) is 9.97. The number of amides is 3. The molecule has 2 heterocycles. The third-order valence-corrected chi connectivity index (χ3v) is 5.54. The molecule has 8 heteroatoms. The highest BCUT2D eigenvalue weighted by molar-refractivity contribution is 6.34. The Morgan fingerprint density at radius 1 is 0.812 bits per heavy atom. The molecule has 0 atom stereocenters. The number of carbonyl (C=O) groups is 3. The number of imide groups is 1. The predicted octanol–water partition coefficient (Wildman–Crippen LogP) is 2.78. The van der Waals surface area contributed by atoms with Gasteiger partial charge in [-0.05, 0) is 42.5 Å². The van der Waals surface area contributed by atoms with Crippen LogP contribution in [-0.2, 0) is 18.4 Å². The Labute approximate surface area is 182 Å². The van der Waals surface area contributed by atoms with Crippen LogP contribution in [0.1, 0.15) is 20.7 Å². The van der Waals surface area contributed by atoms with Crippen LogP contribution in [0.2, 0.25) is 0 Å². The molecule has 0 saturated heterocycles. The number of fused-ring (bicyclic) bond motifs is 2. The summed E-state index contributed by atoms with van der Waals surface area (Å²) in [6.45, 7) is -0.169. The van der Waals surface area contributed by atoms with Crippen LogP contribution in [0.15, 0.2) is 77.6 Å². The number of hydrogen-bond donors (Lipinski definition) is 1. The maximum absolute atomic E-state index is 12.7. The Morgan fingerprint density at radius 2 is 1.44 bits per heavy atom. The molecular formula is C24H18N4O4. The molecule has 3 aromatic carbocycles. The molecule has 0 spiro atoms. The Bertz CT molecular complexity index is 1450. The zero-order valence-electron chi connectivity index (χ0n) is 17.1. The molecule has 0 fully saturated rings. The minimum absolute atomic E-state index is 0.169. The number of nitrogens with zero attached hydrogens (tertiary/aromatic N) is 3. The van der Waals surface area contributed by atoms with Crippen LogP contribution in [0, 0.1) is 0 Å². The lowest BCUT2D eigenvalue weighted by Gasteiger charge is -2.15. The first kappa shape index (κ1) is 19.5. The number of aryl methyl sites for hydroxylation is 1. The molecule has 0 bridgehead atoms. The van der Waals surface area contributed by atoms with Gasteiger partial charge in [-0.1, -0.05) is 30.3 Å². The number of carbonyl (C=O) groups excluding carboxylic acids is 3. The molecule has 1 aliphatic heterocycles.